The Balaban J connectivity index is 2.04. The second kappa shape index (κ2) is 5.27. The first kappa shape index (κ1) is 12.7. The molecule has 5 nitrogen and oxygen atoms in total. The molecule has 1 aliphatic heterocycles. The molecule has 98 valence electrons. The standard InChI is InChI=1S/C13H19N3O2/c1-16-6-2-3-10(16)8-15-12-7-9(13(17)18)4-5-11(12)14/h4-5,7,10,15H,2-3,6,8,14H2,1H3,(H,17,18). The lowest BCUT2D eigenvalue weighted by Gasteiger charge is -2.21. The van der Waals surface area contributed by atoms with Crippen LogP contribution in [0.5, 0.6) is 0 Å². The van der Waals surface area contributed by atoms with Gasteiger partial charge >= 0.3 is 5.97 Å². The molecular formula is C13H19N3O2. The third kappa shape index (κ3) is 2.73. The van der Waals surface area contributed by atoms with Crippen molar-refractivity contribution < 1.29 is 9.90 Å². The van der Waals surface area contributed by atoms with Gasteiger partial charge in [0.05, 0.1) is 16.9 Å². The molecule has 0 aromatic heterocycles. The van der Waals surface area contributed by atoms with Crippen LogP contribution in [-0.4, -0.2) is 42.2 Å². The molecule has 0 saturated carbocycles. The number of aromatic carboxylic acids is 1. The summed E-state index contributed by atoms with van der Waals surface area (Å²) < 4.78 is 0. The Labute approximate surface area is 107 Å². The van der Waals surface area contributed by atoms with Gasteiger partial charge in [0.15, 0.2) is 0 Å². The summed E-state index contributed by atoms with van der Waals surface area (Å²) in [5, 5.41) is 12.2. The topological polar surface area (TPSA) is 78.6 Å². The number of likely N-dealkylation sites (N-methyl/N-ethyl adjacent to an activating group) is 1. The largest absolute Gasteiger partial charge is 0.478 e. The van der Waals surface area contributed by atoms with Crippen LogP contribution in [0.15, 0.2) is 18.2 Å². The summed E-state index contributed by atoms with van der Waals surface area (Å²) in [5.41, 5.74) is 7.38. The van der Waals surface area contributed by atoms with Gasteiger partial charge in [-0.25, -0.2) is 4.79 Å². The molecule has 1 fully saturated rings. The summed E-state index contributed by atoms with van der Waals surface area (Å²) in [6.45, 7) is 1.92. The summed E-state index contributed by atoms with van der Waals surface area (Å²) in [5.74, 6) is -0.934. The molecule has 0 spiro atoms. The van der Waals surface area contributed by atoms with Crippen molar-refractivity contribution in [2.24, 2.45) is 0 Å². The summed E-state index contributed by atoms with van der Waals surface area (Å²) in [6.07, 6.45) is 2.38. The van der Waals surface area contributed by atoms with E-state index < -0.39 is 5.97 Å². The van der Waals surface area contributed by atoms with Gasteiger partial charge < -0.3 is 21.1 Å². The molecule has 1 aromatic carbocycles. The van der Waals surface area contributed by atoms with E-state index in [-0.39, 0.29) is 5.56 Å². The summed E-state index contributed by atoms with van der Waals surface area (Å²) >= 11 is 0. The number of anilines is 2. The fourth-order valence-electron chi connectivity index (χ4n) is 2.31. The number of carboxylic acid groups (broad SMARTS) is 1. The number of rotatable bonds is 4. The maximum Gasteiger partial charge on any atom is 0.335 e. The maximum atomic E-state index is 10.9. The van der Waals surface area contributed by atoms with Gasteiger partial charge in [-0.3, -0.25) is 0 Å². The number of likely N-dealkylation sites (tertiary alicyclic amines) is 1. The third-order valence-electron chi connectivity index (χ3n) is 3.50. The van der Waals surface area contributed by atoms with Gasteiger partial charge in [0.25, 0.3) is 0 Å². The van der Waals surface area contributed by atoms with Crippen molar-refractivity contribution in [3.8, 4) is 0 Å². The zero-order chi connectivity index (χ0) is 13.1. The second-order valence-corrected chi connectivity index (χ2v) is 4.76. The zero-order valence-electron chi connectivity index (χ0n) is 10.5. The highest BCUT2D eigenvalue weighted by molar-refractivity contribution is 5.90. The van der Waals surface area contributed by atoms with E-state index >= 15 is 0 Å². The Morgan fingerprint density at radius 1 is 1.61 bits per heavy atom. The summed E-state index contributed by atoms with van der Waals surface area (Å²) in [4.78, 5) is 13.2. The monoisotopic (exact) mass is 249 g/mol. The molecule has 1 heterocycles. The second-order valence-electron chi connectivity index (χ2n) is 4.76. The number of nitrogens with two attached hydrogens (primary N) is 1. The fourth-order valence-corrected chi connectivity index (χ4v) is 2.31. The van der Waals surface area contributed by atoms with Crippen LogP contribution in [0.4, 0.5) is 11.4 Å². The molecule has 1 atom stereocenters. The number of carbonyl (C=O) groups is 1. The minimum absolute atomic E-state index is 0.256. The quantitative estimate of drug-likeness (QED) is 0.704. The lowest BCUT2D eigenvalue weighted by Crippen LogP contribution is -2.31. The van der Waals surface area contributed by atoms with E-state index in [2.05, 4.69) is 17.3 Å². The first-order valence-corrected chi connectivity index (χ1v) is 6.15. The van der Waals surface area contributed by atoms with Gasteiger partial charge in [0.1, 0.15) is 0 Å². The van der Waals surface area contributed by atoms with Gasteiger partial charge in [0, 0.05) is 12.6 Å². The molecule has 1 aromatic rings. The third-order valence-corrected chi connectivity index (χ3v) is 3.50. The van der Waals surface area contributed by atoms with Crippen molar-refractivity contribution in [2.75, 3.05) is 31.2 Å². The average molecular weight is 249 g/mol. The summed E-state index contributed by atoms with van der Waals surface area (Å²) in [7, 11) is 2.11. The zero-order valence-corrected chi connectivity index (χ0v) is 10.5. The van der Waals surface area contributed by atoms with Crippen LogP contribution in [0.1, 0.15) is 23.2 Å². The first-order valence-electron chi connectivity index (χ1n) is 6.15. The molecule has 0 bridgehead atoms. The minimum atomic E-state index is -0.934. The van der Waals surface area contributed by atoms with Crippen molar-refractivity contribution in [1.29, 1.82) is 0 Å². The number of benzene rings is 1. The van der Waals surface area contributed by atoms with Crippen LogP contribution >= 0.6 is 0 Å². The molecule has 2 rings (SSSR count). The van der Waals surface area contributed by atoms with Gasteiger partial charge in [-0.15, -0.1) is 0 Å². The van der Waals surface area contributed by atoms with Crippen molar-refractivity contribution in [2.45, 2.75) is 18.9 Å². The number of nitrogens with zero attached hydrogens (tertiary/aromatic N) is 1. The number of carboxylic acids is 1. The SMILES string of the molecule is CN1CCCC1CNc1cc(C(=O)O)ccc1N. The van der Waals surface area contributed by atoms with Gasteiger partial charge in [0.2, 0.25) is 0 Å². The molecule has 1 unspecified atom stereocenters. The Hall–Kier alpha value is -1.75. The predicted octanol–water partition coefficient (Wildman–Crippen LogP) is 1.47. The van der Waals surface area contributed by atoms with Crippen molar-refractivity contribution in [3.63, 3.8) is 0 Å². The van der Waals surface area contributed by atoms with Crippen molar-refractivity contribution in [1.82, 2.24) is 4.90 Å². The van der Waals surface area contributed by atoms with Gasteiger partial charge in [-0.2, -0.15) is 0 Å². The van der Waals surface area contributed by atoms with E-state index in [1.807, 2.05) is 0 Å². The highest BCUT2D eigenvalue weighted by atomic mass is 16.4. The van der Waals surface area contributed by atoms with E-state index in [0.29, 0.717) is 17.4 Å². The lowest BCUT2D eigenvalue weighted by atomic mass is 10.1. The normalized spacial score (nSPS) is 19.9. The smallest absolute Gasteiger partial charge is 0.335 e. The molecule has 18 heavy (non-hydrogen) atoms. The van der Waals surface area contributed by atoms with Crippen LogP contribution < -0.4 is 11.1 Å². The Morgan fingerprint density at radius 2 is 2.39 bits per heavy atom. The van der Waals surface area contributed by atoms with Crippen LogP contribution in [0.3, 0.4) is 0 Å². The fraction of sp³-hybridized carbons (Fsp3) is 0.462. The van der Waals surface area contributed by atoms with Crippen molar-refractivity contribution in [3.05, 3.63) is 23.8 Å². The highest BCUT2D eigenvalue weighted by Crippen LogP contribution is 2.22. The van der Waals surface area contributed by atoms with Crippen LogP contribution in [0, 0.1) is 0 Å². The molecule has 0 aliphatic carbocycles. The van der Waals surface area contributed by atoms with Gasteiger partial charge in [-0.05, 0) is 44.6 Å². The molecular weight excluding hydrogens is 230 g/mol. The van der Waals surface area contributed by atoms with Crippen LogP contribution in [0.25, 0.3) is 0 Å². The lowest BCUT2D eigenvalue weighted by molar-refractivity contribution is 0.0697. The maximum absolute atomic E-state index is 10.9. The van der Waals surface area contributed by atoms with E-state index in [1.165, 1.54) is 18.9 Å². The number of hydrogen-bond acceptors (Lipinski definition) is 4. The Kier molecular flexibility index (Phi) is 3.72. The summed E-state index contributed by atoms with van der Waals surface area (Å²) in [6, 6.07) is 5.24. The van der Waals surface area contributed by atoms with E-state index in [4.69, 9.17) is 10.8 Å². The minimum Gasteiger partial charge on any atom is -0.478 e. The van der Waals surface area contributed by atoms with Gasteiger partial charge in [-0.1, -0.05) is 0 Å². The number of hydrogen-bond donors (Lipinski definition) is 3. The first-order chi connectivity index (χ1) is 8.58. The van der Waals surface area contributed by atoms with E-state index in [9.17, 15) is 4.79 Å². The van der Waals surface area contributed by atoms with Crippen molar-refractivity contribution >= 4 is 17.3 Å². The van der Waals surface area contributed by atoms with E-state index in [1.54, 1.807) is 12.1 Å². The Morgan fingerprint density at radius 3 is 3.00 bits per heavy atom. The van der Waals surface area contributed by atoms with Crippen LogP contribution in [-0.2, 0) is 0 Å². The molecule has 4 N–H and O–H groups in total. The molecule has 1 aliphatic rings. The Bertz CT molecular complexity index is 448. The average Bonchev–Trinajstić information content (AvgIpc) is 2.73. The van der Waals surface area contributed by atoms with E-state index in [0.717, 1.165) is 13.1 Å². The predicted molar refractivity (Wildman–Crippen MR) is 72.0 cm³/mol. The number of nitrogens with one attached hydrogen (secondary N) is 1. The molecule has 0 radical (unpaired) electrons. The highest BCUT2D eigenvalue weighted by Gasteiger charge is 2.20. The number of nitrogen functional groups attached to an aromatic ring is 1. The molecule has 5 heteroatoms. The molecule has 0 amide bonds. The molecule has 1 saturated heterocycles. The van der Waals surface area contributed by atoms with Crippen LogP contribution in [0.2, 0.25) is 0 Å².